The van der Waals surface area contributed by atoms with Gasteiger partial charge in [0.1, 0.15) is 46.0 Å². The van der Waals surface area contributed by atoms with Gasteiger partial charge >= 0.3 is 0 Å². The molecule has 30 rings (SSSR count). The van der Waals surface area contributed by atoms with Crippen LogP contribution in [0.15, 0.2) is 485 Å². The van der Waals surface area contributed by atoms with E-state index in [4.69, 9.17) is 18.9 Å². The Labute approximate surface area is 798 Å². The molecular weight excluding hydrogens is 1680 g/mol. The molecule has 22 aromatic rings. The second-order valence-electron chi connectivity index (χ2n) is 37.7. The molecule has 1 unspecified atom stereocenters. The predicted molar refractivity (Wildman–Crippen MR) is 557 cm³/mol. The molecule has 1 atom stereocenters. The monoisotopic (exact) mass is 1760 g/mol. The van der Waals surface area contributed by atoms with Gasteiger partial charge in [0.05, 0.1) is 33.0 Å². The highest BCUT2D eigenvalue weighted by Gasteiger charge is 2.57. The fourth-order valence-electron chi connectivity index (χ4n) is 25.8. The summed E-state index contributed by atoms with van der Waals surface area (Å²) in [5.74, 6) is 6.68. The van der Waals surface area contributed by atoms with Gasteiger partial charge < -0.3 is 28.7 Å². The minimum atomic E-state index is -0.874. The Morgan fingerprint density at radius 2 is 0.391 bits per heavy atom. The van der Waals surface area contributed by atoms with Crippen LogP contribution in [0.2, 0.25) is 0 Å². The Morgan fingerprint density at radius 3 is 0.826 bits per heavy atom. The fourth-order valence-corrected chi connectivity index (χ4v) is 25.8. The highest BCUT2D eigenvalue weighted by Crippen LogP contribution is 2.70. The zero-order valence-electron chi connectivity index (χ0n) is 74.7. The van der Waals surface area contributed by atoms with Gasteiger partial charge in [0.25, 0.3) is 0 Å². The largest absolute Gasteiger partial charge is 0.457 e. The average molecular weight is 1760 g/mol. The van der Waals surface area contributed by atoms with Crippen molar-refractivity contribution < 1.29 is 18.9 Å². The summed E-state index contributed by atoms with van der Waals surface area (Å²) in [5.41, 5.74) is 37.3. The van der Waals surface area contributed by atoms with Crippen molar-refractivity contribution in [3.8, 4) is 124 Å². The maximum absolute atomic E-state index is 7.60. The maximum atomic E-state index is 7.60. The van der Waals surface area contributed by atoms with E-state index in [1.165, 1.54) is 105 Å². The van der Waals surface area contributed by atoms with Gasteiger partial charge in [0.2, 0.25) is 0 Å². The van der Waals surface area contributed by atoms with E-state index >= 15 is 0 Å². The van der Waals surface area contributed by atoms with Crippen molar-refractivity contribution in [1.82, 2.24) is 0 Å². The SMILES string of the molecule is c1ccc(-c2ccccc2N(c2ccc3c(c2)C2(c4ccccc4Oc4cc(-c5ccc(N(c6ccc7c(c6)-c6cc8ccccc8cc6C76c7ccccc7Oc7ccccc76)c6ccc7c(c6)C6(c8ccccc8Oc8ccccc86)c6ccccc6-7)c(-c6ccccc6)c5)ccc42)c2ccccc2-3)c2ccc3c(c2)C2(c4ccccc4Oc4ccccc42)c2cc4ccccc4cc2-3)cc1. The summed E-state index contributed by atoms with van der Waals surface area (Å²) in [7, 11) is 0. The van der Waals surface area contributed by atoms with Crippen LogP contribution in [0.25, 0.3) is 99.4 Å². The molecule has 0 saturated heterocycles. The zero-order valence-corrected chi connectivity index (χ0v) is 74.7. The minimum Gasteiger partial charge on any atom is -0.457 e. The molecule has 4 heterocycles. The van der Waals surface area contributed by atoms with Crippen molar-refractivity contribution in [1.29, 1.82) is 0 Å². The molecule has 8 aliphatic rings. The highest BCUT2D eigenvalue weighted by atomic mass is 16.5. The van der Waals surface area contributed by atoms with Crippen molar-refractivity contribution in [2.75, 3.05) is 9.80 Å². The first-order chi connectivity index (χ1) is 68.4. The van der Waals surface area contributed by atoms with Crippen molar-refractivity contribution in [3.05, 3.63) is 574 Å². The first-order valence-corrected chi connectivity index (χ1v) is 47.7. The summed E-state index contributed by atoms with van der Waals surface area (Å²) in [6.07, 6.45) is 0. The molecule has 0 N–H and O–H groups in total. The molecule has 22 aromatic carbocycles. The van der Waals surface area contributed by atoms with Gasteiger partial charge in [0, 0.05) is 78.4 Å². The maximum Gasteiger partial charge on any atom is 0.132 e. The van der Waals surface area contributed by atoms with Crippen molar-refractivity contribution in [2.45, 2.75) is 21.7 Å². The molecule has 0 fully saturated rings. The number of nitrogens with zero attached hydrogens (tertiary/aromatic N) is 2. The fraction of sp³-hybridized carbons (Fsp3) is 0.0303. The van der Waals surface area contributed by atoms with Gasteiger partial charge in [-0.25, -0.2) is 0 Å². The molecule has 4 aliphatic heterocycles. The number of rotatable bonds is 9. The van der Waals surface area contributed by atoms with Gasteiger partial charge in [-0.2, -0.15) is 0 Å². The summed E-state index contributed by atoms with van der Waals surface area (Å²) in [5, 5.41) is 4.75. The van der Waals surface area contributed by atoms with E-state index in [9.17, 15) is 0 Å². The van der Waals surface area contributed by atoms with Gasteiger partial charge in [0.15, 0.2) is 0 Å². The Balaban J connectivity index is 0.622. The third-order valence-corrected chi connectivity index (χ3v) is 31.3. The molecule has 642 valence electrons. The van der Waals surface area contributed by atoms with E-state index in [-0.39, 0.29) is 0 Å². The summed E-state index contributed by atoms with van der Waals surface area (Å²) in [4.78, 5) is 5.08. The molecule has 6 nitrogen and oxygen atoms in total. The van der Waals surface area contributed by atoms with Crippen LogP contribution in [-0.2, 0) is 21.7 Å². The Hall–Kier alpha value is -17.8. The van der Waals surface area contributed by atoms with Crippen LogP contribution in [0.4, 0.5) is 34.1 Å². The molecule has 0 aromatic heterocycles. The van der Waals surface area contributed by atoms with E-state index < -0.39 is 21.7 Å². The lowest BCUT2D eigenvalue weighted by atomic mass is 9.65. The van der Waals surface area contributed by atoms with Crippen LogP contribution in [-0.4, -0.2) is 0 Å². The van der Waals surface area contributed by atoms with Crippen molar-refractivity contribution in [2.24, 2.45) is 0 Å². The molecule has 4 spiro atoms. The number of anilines is 6. The lowest BCUT2D eigenvalue weighted by molar-refractivity contribution is 0.436. The molecule has 6 heteroatoms. The van der Waals surface area contributed by atoms with E-state index in [2.05, 4.69) is 495 Å². The highest BCUT2D eigenvalue weighted by molar-refractivity contribution is 6.04. The normalized spacial score (nSPS) is 15.1. The topological polar surface area (TPSA) is 43.4 Å². The number of fused-ring (bicyclic) bond motifs is 38. The van der Waals surface area contributed by atoms with Crippen LogP contribution >= 0.6 is 0 Å². The Kier molecular flexibility index (Phi) is 16.0. The quantitative estimate of drug-likeness (QED) is 0.143. The molecule has 0 amide bonds. The first-order valence-electron chi connectivity index (χ1n) is 47.7. The summed E-state index contributed by atoms with van der Waals surface area (Å²) < 4.78 is 28.6. The number of para-hydroxylation sites is 8. The molecule has 4 aliphatic carbocycles. The Morgan fingerprint density at radius 1 is 0.130 bits per heavy atom. The van der Waals surface area contributed by atoms with Gasteiger partial charge in [-0.3, -0.25) is 0 Å². The number of ether oxygens (including phenoxy) is 4. The third kappa shape index (κ3) is 10.3. The summed E-state index contributed by atoms with van der Waals surface area (Å²) in [6, 6.07) is 181. The number of hydrogen-bond donors (Lipinski definition) is 0. The first kappa shape index (κ1) is 76.7. The summed E-state index contributed by atoms with van der Waals surface area (Å²) in [6.45, 7) is 0. The standard InChI is InChI=1S/C132H80N2O4/c1-3-31-81(32-4-1)93-39-13-23-51-119(93)134(92-63-67-98-100-72-83-35-7-9-37-85(83)74-114(100)132(118(98)80-92)111-49-21-28-56-125(111)137-126-57-29-22-50-112(126)132)91-62-66-97-95-41-12-15-43-104(95)130(117(97)79-91)110-48-20-30-58-127(110)138-128-76-88(59-68-113(128)130)87-60-70-120(99(71-87)82-33-5-2-6-34-82)133(90-61-65-96-94-40-11-14-42-103(94)129(116(96)78-90)106-44-16-24-52-121(106)135-122-53-25-17-45-107(122)129)89-64-69-105-102(77-89)101-73-84-36-8-10-38-86(84)75-115(101)131(105)108-46-18-26-54-123(108)136-124-55-27-19-47-109(124)131/h1-80H. The van der Waals surface area contributed by atoms with Crippen LogP contribution < -0.4 is 28.7 Å². The van der Waals surface area contributed by atoms with E-state index in [0.29, 0.717) is 0 Å². The van der Waals surface area contributed by atoms with Crippen LogP contribution in [0.1, 0.15) is 89.0 Å². The number of hydrogen-bond acceptors (Lipinski definition) is 6. The van der Waals surface area contributed by atoms with Crippen molar-refractivity contribution in [3.63, 3.8) is 0 Å². The van der Waals surface area contributed by atoms with E-state index in [0.717, 1.165) is 164 Å². The lowest BCUT2D eigenvalue weighted by Gasteiger charge is -2.40. The van der Waals surface area contributed by atoms with Gasteiger partial charge in [-0.1, -0.05) is 346 Å². The molecule has 0 bridgehead atoms. The smallest absolute Gasteiger partial charge is 0.132 e. The van der Waals surface area contributed by atoms with Crippen LogP contribution in [0.3, 0.4) is 0 Å². The molecular formula is C132H80N2O4. The second kappa shape index (κ2) is 28.8. The van der Waals surface area contributed by atoms with E-state index in [1.807, 2.05) is 0 Å². The number of benzene rings is 22. The summed E-state index contributed by atoms with van der Waals surface area (Å²) >= 11 is 0. The predicted octanol–water partition coefficient (Wildman–Crippen LogP) is 33.8. The van der Waals surface area contributed by atoms with Gasteiger partial charge in [-0.05, 0) is 272 Å². The third-order valence-electron chi connectivity index (χ3n) is 31.3. The van der Waals surface area contributed by atoms with Crippen LogP contribution in [0, 0.1) is 0 Å². The molecule has 138 heavy (non-hydrogen) atoms. The van der Waals surface area contributed by atoms with E-state index in [1.54, 1.807) is 0 Å². The Bertz CT molecular complexity index is 8900. The molecule has 0 radical (unpaired) electrons. The average Bonchev–Trinajstić information content (AvgIpc) is 1.52. The second-order valence-corrected chi connectivity index (χ2v) is 37.7. The zero-order chi connectivity index (χ0) is 90.3. The lowest BCUT2D eigenvalue weighted by Crippen LogP contribution is -2.32. The van der Waals surface area contributed by atoms with Gasteiger partial charge in [-0.15, -0.1) is 0 Å². The molecule has 0 saturated carbocycles. The van der Waals surface area contributed by atoms with Crippen LogP contribution in [0.5, 0.6) is 46.0 Å². The van der Waals surface area contributed by atoms with Crippen molar-refractivity contribution >= 4 is 55.7 Å². The minimum absolute atomic E-state index is 0.728.